The predicted molar refractivity (Wildman–Crippen MR) is 71.5 cm³/mol. The number of aliphatic carboxylic acids is 1. The molecule has 0 heterocycles. The lowest BCUT2D eigenvalue weighted by atomic mass is 10.1. The molecule has 104 valence electrons. The maximum atomic E-state index is 11.4. The first-order valence-corrected chi connectivity index (χ1v) is 6.43. The van der Waals surface area contributed by atoms with Crippen molar-refractivity contribution < 1.29 is 14.7 Å². The Labute approximate surface area is 109 Å². The summed E-state index contributed by atoms with van der Waals surface area (Å²) in [5, 5.41) is 14.0. The highest BCUT2D eigenvalue weighted by molar-refractivity contribution is 5.74. The first-order valence-electron chi connectivity index (χ1n) is 6.43. The number of carbonyl (C=O) groups is 2. The Hall–Kier alpha value is -1.52. The fraction of sp³-hybridized carbons (Fsp3) is 0.692. The fourth-order valence-corrected chi connectivity index (χ4v) is 1.54. The van der Waals surface area contributed by atoms with Crippen LogP contribution in [0.25, 0.3) is 0 Å². The van der Waals surface area contributed by atoms with Gasteiger partial charge in [0.25, 0.3) is 0 Å². The number of carboxylic acid groups (broad SMARTS) is 1. The summed E-state index contributed by atoms with van der Waals surface area (Å²) in [7, 11) is 0. The Kier molecular flexibility index (Phi) is 9.73. The highest BCUT2D eigenvalue weighted by Gasteiger charge is 2.04. The molecule has 0 aliphatic rings. The van der Waals surface area contributed by atoms with Crippen molar-refractivity contribution >= 4 is 12.0 Å². The van der Waals surface area contributed by atoms with Gasteiger partial charge in [0.15, 0.2) is 0 Å². The maximum absolute atomic E-state index is 11.4. The van der Waals surface area contributed by atoms with Crippen LogP contribution in [0, 0.1) is 0 Å². The molecule has 0 aromatic carbocycles. The summed E-state index contributed by atoms with van der Waals surface area (Å²) in [6.07, 6.45) is 6.17. The van der Waals surface area contributed by atoms with Crippen molar-refractivity contribution in [3.05, 3.63) is 12.7 Å². The fourth-order valence-electron chi connectivity index (χ4n) is 1.54. The van der Waals surface area contributed by atoms with Gasteiger partial charge in [-0.1, -0.05) is 18.9 Å². The highest BCUT2D eigenvalue weighted by atomic mass is 16.4. The van der Waals surface area contributed by atoms with Gasteiger partial charge in [-0.15, -0.1) is 6.58 Å². The molecule has 18 heavy (non-hydrogen) atoms. The van der Waals surface area contributed by atoms with Gasteiger partial charge >= 0.3 is 12.0 Å². The molecule has 0 rings (SSSR count). The van der Waals surface area contributed by atoms with Crippen molar-refractivity contribution in [2.45, 2.75) is 51.5 Å². The molecule has 5 nitrogen and oxygen atoms in total. The number of carbonyl (C=O) groups excluding carboxylic acids is 1. The molecule has 0 aromatic heterocycles. The van der Waals surface area contributed by atoms with Gasteiger partial charge < -0.3 is 15.7 Å². The molecule has 3 N–H and O–H groups in total. The second-order valence-electron chi connectivity index (χ2n) is 4.38. The zero-order chi connectivity index (χ0) is 13.8. The molecule has 2 amide bonds. The van der Waals surface area contributed by atoms with E-state index >= 15 is 0 Å². The van der Waals surface area contributed by atoms with Crippen molar-refractivity contribution in [3.63, 3.8) is 0 Å². The zero-order valence-corrected chi connectivity index (χ0v) is 11.1. The maximum Gasteiger partial charge on any atom is 0.315 e. The average molecular weight is 256 g/mol. The van der Waals surface area contributed by atoms with Gasteiger partial charge in [0, 0.05) is 19.0 Å². The lowest BCUT2D eigenvalue weighted by Gasteiger charge is -2.12. The number of hydrogen-bond donors (Lipinski definition) is 3. The molecule has 0 saturated heterocycles. The van der Waals surface area contributed by atoms with E-state index in [1.54, 1.807) is 6.08 Å². The molecule has 0 bridgehead atoms. The number of hydrogen-bond acceptors (Lipinski definition) is 2. The molecule has 0 aliphatic carbocycles. The summed E-state index contributed by atoms with van der Waals surface area (Å²) in [5.74, 6) is -0.747. The van der Waals surface area contributed by atoms with E-state index in [0.717, 1.165) is 25.7 Å². The lowest BCUT2D eigenvalue weighted by molar-refractivity contribution is -0.137. The number of amides is 2. The van der Waals surface area contributed by atoms with Gasteiger partial charge in [-0.2, -0.15) is 0 Å². The van der Waals surface area contributed by atoms with Crippen LogP contribution in [-0.2, 0) is 4.79 Å². The molecule has 1 atom stereocenters. The van der Waals surface area contributed by atoms with Crippen molar-refractivity contribution in [1.29, 1.82) is 0 Å². The highest BCUT2D eigenvalue weighted by Crippen LogP contribution is 2.02. The number of urea groups is 1. The second-order valence-corrected chi connectivity index (χ2v) is 4.38. The Balaban J connectivity index is 3.35. The quantitative estimate of drug-likeness (QED) is 0.414. The Bertz CT molecular complexity index is 267. The van der Waals surface area contributed by atoms with Gasteiger partial charge in [0.2, 0.25) is 0 Å². The molecule has 0 saturated carbocycles. The summed E-state index contributed by atoms with van der Waals surface area (Å²) in [6.45, 7) is 6.16. The Morgan fingerprint density at radius 3 is 2.56 bits per heavy atom. The molecule has 0 spiro atoms. The van der Waals surface area contributed by atoms with Gasteiger partial charge in [0.05, 0.1) is 0 Å². The van der Waals surface area contributed by atoms with Crippen molar-refractivity contribution in [2.24, 2.45) is 0 Å². The Morgan fingerprint density at radius 2 is 1.94 bits per heavy atom. The van der Waals surface area contributed by atoms with E-state index in [0.29, 0.717) is 13.0 Å². The SMILES string of the molecule is C=CCC(C)NC(=O)NCCCCCCC(=O)O. The number of nitrogens with one attached hydrogen (secondary N) is 2. The molecular weight excluding hydrogens is 232 g/mol. The topological polar surface area (TPSA) is 78.4 Å². The summed E-state index contributed by atoms with van der Waals surface area (Å²) >= 11 is 0. The van der Waals surface area contributed by atoms with Crippen LogP contribution in [-0.4, -0.2) is 29.7 Å². The van der Waals surface area contributed by atoms with Crippen molar-refractivity contribution in [1.82, 2.24) is 10.6 Å². The summed E-state index contributed by atoms with van der Waals surface area (Å²) < 4.78 is 0. The molecule has 0 fully saturated rings. The third-order valence-electron chi connectivity index (χ3n) is 2.50. The van der Waals surface area contributed by atoms with Gasteiger partial charge in [-0.3, -0.25) is 4.79 Å². The van der Waals surface area contributed by atoms with Crippen LogP contribution in [0.1, 0.15) is 45.4 Å². The molecule has 5 heteroatoms. The number of carboxylic acids is 1. The van der Waals surface area contributed by atoms with Gasteiger partial charge in [-0.25, -0.2) is 4.79 Å². The van der Waals surface area contributed by atoms with E-state index in [2.05, 4.69) is 17.2 Å². The molecule has 0 radical (unpaired) electrons. The molecule has 0 aliphatic heterocycles. The normalized spacial score (nSPS) is 11.6. The smallest absolute Gasteiger partial charge is 0.315 e. The third-order valence-corrected chi connectivity index (χ3v) is 2.50. The van der Waals surface area contributed by atoms with E-state index in [9.17, 15) is 9.59 Å². The average Bonchev–Trinajstić information content (AvgIpc) is 2.27. The van der Waals surface area contributed by atoms with Crippen molar-refractivity contribution in [3.8, 4) is 0 Å². The minimum Gasteiger partial charge on any atom is -0.481 e. The van der Waals surface area contributed by atoms with E-state index in [-0.39, 0.29) is 18.5 Å². The van der Waals surface area contributed by atoms with Crippen molar-refractivity contribution in [2.75, 3.05) is 6.54 Å². The zero-order valence-electron chi connectivity index (χ0n) is 11.1. The van der Waals surface area contributed by atoms with E-state index in [4.69, 9.17) is 5.11 Å². The number of rotatable bonds is 10. The van der Waals surface area contributed by atoms with E-state index < -0.39 is 5.97 Å². The molecular formula is C13H24N2O3. The van der Waals surface area contributed by atoms with Crippen LogP contribution in [0.4, 0.5) is 4.79 Å². The number of unbranched alkanes of at least 4 members (excludes halogenated alkanes) is 3. The minimum atomic E-state index is -0.747. The molecule has 0 aromatic rings. The van der Waals surface area contributed by atoms with Crippen LogP contribution < -0.4 is 10.6 Å². The first kappa shape index (κ1) is 16.5. The molecule has 1 unspecified atom stereocenters. The summed E-state index contributed by atoms with van der Waals surface area (Å²) in [6, 6.07) is -0.0621. The monoisotopic (exact) mass is 256 g/mol. The largest absolute Gasteiger partial charge is 0.481 e. The Morgan fingerprint density at radius 1 is 1.28 bits per heavy atom. The van der Waals surface area contributed by atoms with Gasteiger partial charge in [0.1, 0.15) is 0 Å². The van der Waals surface area contributed by atoms with Crippen LogP contribution in [0.15, 0.2) is 12.7 Å². The van der Waals surface area contributed by atoms with Gasteiger partial charge in [-0.05, 0) is 26.2 Å². The van der Waals surface area contributed by atoms with Crippen LogP contribution in [0.3, 0.4) is 0 Å². The third kappa shape index (κ3) is 11.0. The first-order chi connectivity index (χ1) is 8.56. The lowest BCUT2D eigenvalue weighted by Crippen LogP contribution is -2.40. The summed E-state index contributed by atoms with van der Waals surface area (Å²) in [5.41, 5.74) is 0. The van der Waals surface area contributed by atoms with Crippen LogP contribution >= 0.6 is 0 Å². The second kappa shape index (κ2) is 10.6. The van der Waals surface area contributed by atoms with Crippen LogP contribution in [0.2, 0.25) is 0 Å². The minimum absolute atomic E-state index is 0.0954. The van der Waals surface area contributed by atoms with E-state index in [1.165, 1.54) is 0 Å². The van der Waals surface area contributed by atoms with E-state index in [1.807, 2.05) is 6.92 Å². The summed E-state index contributed by atoms with van der Waals surface area (Å²) in [4.78, 5) is 21.6. The standard InChI is InChI=1S/C13H24N2O3/c1-3-8-11(2)15-13(18)14-10-7-5-4-6-9-12(16)17/h3,11H,1,4-10H2,2H3,(H,16,17)(H2,14,15,18). The predicted octanol–water partition coefficient (Wildman–Crippen LogP) is 2.29. The van der Waals surface area contributed by atoms with Crippen LogP contribution in [0.5, 0.6) is 0 Å².